The first-order chi connectivity index (χ1) is 13.9. The van der Waals surface area contributed by atoms with Gasteiger partial charge in [0, 0.05) is 29.6 Å². The number of nitrogens with zero attached hydrogens (tertiary/aromatic N) is 2. The summed E-state index contributed by atoms with van der Waals surface area (Å²) in [5, 5.41) is 34.7. The SMILES string of the molecule is N#Cc1cccnc1S[C@H](C[C@H](N)CO)c1ccccc1.O=C(O)/C=C/C(=O)O. The van der Waals surface area contributed by atoms with Crippen LogP contribution in [0.25, 0.3) is 0 Å². The molecule has 8 nitrogen and oxygen atoms in total. The molecule has 5 N–H and O–H groups in total. The second-order valence-corrected chi connectivity index (χ2v) is 6.86. The number of benzene rings is 1. The van der Waals surface area contributed by atoms with Gasteiger partial charge in [0.1, 0.15) is 11.1 Å². The molecule has 0 saturated carbocycles. The summed E-state index contributed by atoms with van der Waals surface area (Å²) < 4.78 is 0. The highest BCUT2D eigenvalue weighted by molar-refractivity contribution is 7.99. The van der Waals surface area contributed by atoms with Gasteiger partial charge in [-0.05, 0) is 24.1 Å². The lowest BCUT2D eigenvalue weighted by atomic mass is 10.1. The Morgan fingerprint density at radius 2 is 1.76 bits per heavy atom. The molecule has 0 amide bonds. The van der Waals surface area contributed by atoms with E-state index in [-0.39, 0.29) is 17.9 Å². The van der Waals surface area contributed by atoms with E-state index in [1.807, 2.05) is 30.3 Å². The molecule has 9 heteroatoms. The number of carboxylic acids is 2. The van der Waals surface area contributed by atoms with E-state index in [0.29, 0.717) is 29.2 Å². The number of rotatable bonds is 8. The number of nitrogens with two attached hydrogens (primary N) is 1. The van der Waals surface area contributed by atoms with Gasteiger partial charge in [0.05, 0.1) is 12.2 Å². The van der Waals surface area contributed by atoms with Crippen molar-refractivity contribution in [2.75, 3.05) is 6.61 Å². The number of carbonyl (C=O) groups is 2. The first-order valence-corrected chi connectivity index (χ1v) is 9.32. The normalized spacial score (nSPS) is 12.3. The number of aliphatic carboxylic acids is 2. The van der Waals surface area contributed by atoms with Gasteiger partial charge in [-0.3, -0.25) is 0 Å². The molecule has 0 bridgehead atoms. The molecular weight excluding hydrogens is 394 g/mol. The van der Waals surface area contributed by atoms with Crippen LogP contribution < -0.4 is 5.73 Å². The number of aliphatic hydroxyl groups excluding tert-OH is 1. The highest BCUT2D eigenvalue weighted by Crippen LogP contribution is 2.38. The number of pyridine rings is 1. The van der Waals surface area contributed by atoms with Crippen LogP contribution >= 0.6 is 11.8 Å². The van der Waals surface area contributed by atoms with Crippen molar-refractivity contribution < 1.29 is 24.9 Å². The van der Waals surface area contributed by atoms with Crippen LogP contribution in [0.1, 0.15) is 22.8 Å². The van der Waals surface area contributed by atoms with E-state index in [1.54, 1.807) is 18.3 Å². The standard InChI is InChI=1S/C16H17N3OS.C4H4O4/c17-10-13-7-4-8-19-16(13)21-15(9-14(18)11-20)12-5-2-1-3-6-12;5-3(6)1-2-4(7)8/h1-8,14-15,20H,9,11,18H2;1-2H,(H,5,6)(H,7,8)/b;2-1+/t14-,15+;/m0./s1. The van der Waals surface area contributed by atoms with Crippen molar-refractivity contribution in [1.82, 2.24) is 4.98 Å². The molecule has 0 aliphatic rings. The van der Waals surface area contributed by atoms with Crippen molar-refractivity contribution in [3.05, 3.63) is 71.9 Å². The topological polar surface area (TPSA) is 158 Å². The number of aromatic nitrogens is 1. The van der Waals surface area contributed by atoms with Gasteiger partial charge in [0.25, 0.3) is 0 Å². The van der Waals surface area contributed by atoms with Crippen molar-refractivity contribution in [3.8, 4) is 6.07 Å². The summed E-state index contributed by atoms with van der Waals surface area (Å²) in [6.45, 7) is -0.0583. The molecule has 1 aromatic heterocycles. The monoisotopic (exact) mass is 415 g/mol. The fourth-order valence-corrected chi connectivity index (χ4v) is 3.39. The van der Waals surface area contributed by atoms with E-state index >= 15 is 0 Å². The molecule has 1 aromatic carbocycles. The van der Waals surface area contributed by atoms with E-state index in [9.17, 15) is 14.7 Å². The second kappa shape index (κ2) is 13.1. The summed E-state index contributed by atoms with van der Waals surface area (Å²) in [5.74, 6) is -2.51. The van der Waals surface area contributed by atoms with Gasteiger partial charge < -0.3 is 21.1 Å². The van der Waals surface area contributed by atoms with Crippen molar-refractivity contribution in [2.24, 2.45) is 5.73 Å². The Hall–Kier alpha value is -3.19. The highest BCUT2D eigenvalue weighted by Gasteiger charge is 2.19. The summed E-state index contributed by atoms with van der Waals surface area (Å²) >= 11 is 1.51. The summed E-state index contributed by atoms with van der Waals surface area (Å²) in [4.78, 5) is 23.4. The molecular formula is C20H21N3O5S. The van der Waals surface area contributed by atoms with E-state index in [2.05, 4.69) is 11.1 Å². The van der Waals surface area contributed by atoms with Crippen molar-refractivity contribution in [1.29, 1.82) is 5.26 Å². The number of nitriles is 1. The Bertz CT molecular complexity index is 852. The minimum Gasteiger partial charge on any atom is -0.478 e. The van der Waals surface area contributed by atoms with Crippen molar-refractivity contribution in [2.45, 2.75) is 22.7 Å². The average molecular weight is 415 g/mol. The third kappa shape index (κ3) is 9.53. The van der Waals surface area contributed by atoms with Crippen LogP contribution in [0.4, 0.5) is 0 Å². The van der Waals surface area contributed by atoms with Gasteiger partial charge in [-0.1, -0.05) is 42.1 Å². The zero-order chi connectivity index (χ0) is 21.6. The van der Waals surface area contributed by atoms with E-state index in [4.69, 9.17) is 21.2 Å². The molecule has 29 heavy (non-hydrogen) atoms. The van der Waals surface area contributed by atoms with Gasteiger partial charge in [0.2, 0.25) is 0 Å². The van der Waals surface area contributed by atoms with Gasteiger partial charge in [-0.15, -0.1) is 0 Å². The predicted octanol–water partition coefficient (Wildman–Crippen LogP) is 2.21. The summed E-state index contributed by atoms with van der Waals surface area (Å²) in [5.41, 5.74) is 7.56. The smallest absolute Gasteiger partial charge is 0.328 e. The molecule has 0 unspecified atom stereocenters. The average Bonchev–Trinajstić information content (AvgIpc) is 2.73. The van der Waals surface area contributed by atoms with Crippen LogP contribution in [0.15, 0.2) is 65.8 Å². The van der Waals surface area contributed by atoms with Crippen molar-refractivity contribution in [3.63, 3.8) is 0 Å². The summed E-state index contributed by atoms with van der Waals surface area (Å²) in [6, 6.07) is 15.3. The third-order valence-corrected chi connectivity index (χ3v) is 4.73. The molecule has 152 valence electrons. The fourth-order valence-electron chi connectivity index (χ4n) is 2.12. The summed E-state index contributed by atoms with van der Waals surface area (Å²) in [6.07, 6.45) is 3.41. The Balaban J connectivity index is 0.000000447. The van der Waals surface area contributed by atoms with Crippen LogP contribution in [0, 0.1) is 11.3 Å². The van der Waals surface area contributed by atoms with E-state index in [0.717, 1.165) is 5.56 Å². The first kappa shape index (κ1) is 23.8. The van der Waals surface area contributed by atoms with Gasteiger partial charge in [-0.2, -0.15) is 5.26 Å². The van der Waals surface area contributed by atoms with Crippen LogP contribution in [0.5, 0.6) is 0 Å². The largest absolute Gasteiger partial charge is 0.478 e. The maximum absolute atomic E-state index is 9.55. The highest BCUT2D eigenvalue weighted by atomic mass is 32.2. The van der Waals surface area contributed by atoms with E-state index in [1.165, 1.54) is 11.8 Å². The summed E-state index contributed by atoms with van der Waals surface area (Å²) in [7, 11) is 0. The molecule has 0 fully saturated rings. The maximum atomic E-state index is 9.55. The Morgan fingerprint density at radius 1 is 1.14 bits per heavy atom. The number of thioether (sulfide) groups is 1. The maximum Gasteiger partial charge on any atom is 0.328 e. The number of hydrogen-bond donors (Lipinski definition) is 4. The lowest BCUT2D eigenvalue weighted by Crippen LogP contribution is -2.26. The molecule has 2 aromatic rings. The van der Waals surface area contributed by atoms with Crippen LogP contribution in [-0.4, -0.2) is 44.9 Å². The molecule has 2 atom stereocenters. The van der Waals surface area contributed by atoms with Gasteiger partial charge in [-0.25, -0.2) is 14.6 Å². The quantitative estimate of drug-likeness (QED) is 0.374. The number of aliphatic hydroxyl groups is 1. The van der Waals surface area contributed by atoms with Gasteiger partial charge >= 0.3 is 11.9 Å². The lowest BCUT2D eigenvalue weighted by Gasteiger charge is -2.20. The number of carboxylic acid groups (broad SMARTS) is 2. The Morgan fingerprint density at radius 3 is 2.28 bits per heavy atom. The molecule has 2 rings (SSSR count). The van der Waals surface area contributed by atoms with Crippen LogP contribution in [0.2, 0.25) is 0 Å². The molecule has 1 heterocycles. The van der Waals surface area contributed by atoms with Crippen LogP contribution in [0.3, 0.4) is 0 Å². The Kier molecular flexibility index (Phi) is 10.7. The minimum absolute atomic E-state index is 0.0512. The second-order valence-electron chi connectivity index (χ2n) is 5.67. The molecule has 0 aliphatic carbocycles. The van der Waals surface area contributed by atoms with E-state index < -0.39 is 11.9 Å². The predicted molar refractivity (Wildman–Crippen MR) is 108 cm³/mol. The molecule has 0 spiro atoms. The molecule has 0 radical (unpaired) electrons. The van der Waals surface area contributed by atoms with Crippen LogP contribution in [-0.2, 0) is 9.59 Å². The van der Waals surface area contributed by atoms with Gasteiger partial charge in [0.15, 0.2) is 0 Å². The Labute approximate surface area is 172 Å². The zero-order valence-electron chi connectivity index (χ0n) is 15.4. The lowest BCUT2D eigenvalue weighted by molar-refractivity contribution is -0.134. The fraction of sp³-hybridized carbons (Fsp3) is 0.200. The van der Waals surface area contributed by atoms with Crippen molar-refractivity contribution >= 4 is 23.7 Å². The molecule has 0 saturated heterocycles. The zero-order valence-corrected chi connectivity index (χ0v) is 16.2. The number of hydrogen-bond acceptors (Lipinski definition) is 7. The molecule has 0 aliphatic heterocycles. The third-order valence-electron chi connectivity index (χ3n) is 3.44. The minimum atomic E-state index is -1.26. The first-order valence-electron chi connectivity index (χ1n) is 8.44.